The molecule has 0 saturated heterocycles. The van der Waals surface area contributed by atoms with Gasteiger partial charge in [0, 0.05) is 34.6 Å². The van der Waals surface area contributed by atoms with Crippen LogP contribution in [0.2, 0.25) is 0 Å². The lowest BCUT2D eigenvalue weighted by Gasteiger charge is -2.18. The van der Waals surface area contributed by atoms with Gasteiger partial charge in [-0.1, -0.05) is 0 Å². The Balaban J connectivity index is 1.56. The van der Waals surface area contributed by atoms with Gasteiger partial charge in [-0.15, -0.1) is 0 Å². The third-order valence-electron chi connectivity index (χ3n) is 7.51. The van der Waals surface area contributed by atoms with Crippen molar-refractivity contribution < 1.29 is 33.2 Å². The van der Waals surface area contributed by atoms with Gasteiger partial charge in [-0.05, 0) is 73.5 Å². The summed E-state index contributed by atoms with van der Waals surface area (Å²) in [6, 6.07) is 14.5. The van der Waals surface area contributed by atoms with Crippen LogP contribution in [0.4, 0.5) is 4.39 Å². The Hall–Kier alpha value is -4.83. The highest BCUT2D eigenvalue weighted by atomic mass is 19.1. The Morgan fingerprint density at radius 3 is 2.33 bits per heavy atom. The van der Waals surface area contributed by atoms with Crippen LogP contribution in [0.25, 0.3) is 33.1 Å². The van der Waals surface area contributed by atoms with Crippen LogP contribution in [0.1, 0.15) is 22.8 Å². The van der Waals surface area contributed by atoms with Crippen molar-refractivity contribution >= 4 is 27.7 Å². The zero-order valence-electron chi connectivity index (χ0n) is 24.7. The van der Waals surface area contributed by atoms with Gasteiger partial charge in [0.25, 0.3) is 5.91 Å². The number of aliphatic hydroxyl groups is 1. The molecule has 0 fully saturated rings. The lowest BCUT2D eigenvalue weighted by Crippen LogP contribution is -2.39. The van der Waals surface area contributed by atoms with E-state index in [1.165, 1.54) is 33.5 Å². The van der Waals surface area contributed by atoms with Crippen LogP contribution in [-0.2, 0) is 13.0 Å². The fourth-order valence-electron chi connectivity index (χ4n) is 5.35. The summed E-state index contributed by atoms with van der Waals surface area (Å²) in [5.74, 6) is 1.15. The van der Waals surface area contributed by atoms with Crippen molar-refractivity contribution in [2.75, 3.05) is 35.0 Å². The molecule has 9 nitrogen and oxygen atoms in total. The van der Waals surface area contributed by atoms with Crippen LogP contribution in [0.3, 0.4) is 0 Å². The summed E-state index contributed by atoms with van der Waals surface area (Å²) in [4.78, 5) is 18.7. The molecule has 0 aliphatic rings. The molecule has 1 amide bonds. The Kier molecular flexibility index (Phi) is 8.68. The van der Waals surface area contributed by atoms with Crippen molar-refractivity contribution in [2.24, 2.45) is 0 Å². The molecule has 1 atom stereocenters. The molecule has 5 aromatic rings. The highest BCUT2D eigenvalue weighted by molar-refractivity contribution is 6.07. The van der Waals surface area contributed by atoms with Crippen molar-refractivity contribution in [3.8, 4) is 34.3 Å². The normalized spacial score (nSPS) is 11.9. The van der Waals surface area contributed by atoms with Crippen molar-refractivity contribution in [2.45, 2.75) is 25.9 Å². The van der Waals surface area contributed by atoms with Crippen LogP contribution >= 0.6 is 0 Å². The second kappa shape index (κ2) is 12.6. The zero-order chi connectivity index (χ0) is 30.7. The first-order chi connectivity index (χ1) is 20.8. The SMILES string of the molecule is CCn1cc(CC(CO)NC(=O)c2cc(-c3cc(OC)c(OC)c(OC)c3)nc3ccc(OC)cc23)c2cc(F)ccc21. The molecule has 2 heterocycles. The van der Waals surface area contributed by atoms with E-state index in [-0.39, 0.29) is 12.4 Å². The smallest absolute Gasteiger partial charge is 0.252 e. The fraction of sp³-hybridized carbons (Fsp3) is 0.273. The molecule has 224 valence electrons. The van der Waals surface area contributed by atoms with Gasteiger partial charge in [-0.2, -0.15) is 0 Å². The summed E-state index contributed by atoms with van der Waals surface area (Å²) in [5.41, 5.74) is 3.78. The third kappa shape index (κ3) is 5.78. The molecule has 43 heavy (non-hydrogen) atoms. The van der Waals surface area contributed by atoms with Crippen LogP contribution in [0.15, 0.2) is 60.8 Å². The number of halogens is 1. The molecular formula is C33H34FN3O6. The Morgan fingerprint density at radius 1 is 0.953 bits per heavy atom. The van der Waals surface area contributed by atoms with E-state index in [2.05, 4.69) is 5.32 Å². The highest BCUT2D eigenvalue weighted by Crippen LogP contribution is 2.41. The summed E-state index contributed by atoms with van der Waals surface area (Å²) in [7, 11) is 6.14. The molecule has 3 aromatic carbocycles. The molecule has 0 aliphatic carbocycles. The second-order valence-electron chi connectivity index (χ2n) is 10.0. The summed E-state index contributed by atoms with van der Waals surface area (Å²) in [6.45, 7) is 2.39. The number of nitrogens with zero attached hydrogens (tertiary/aromatic N) is 2. The average molecular weight is 588 g/mol. The molecule has 0 radical (unpaired) electrons. The average Bonchev–Trinajstić information content (AvgIpc) is 3.38. The van der Waals surface area contributed by atoms with Gasteiger partial charge in [0.15, 0.2) is 11.5 Å². The Morgan fingerprint density at radius 2 is 1.70 bits per heavy atom. The largest absolute Gasteiger partial charge is 0.497 e. The number of amides is 1. The first-order valence-electron chi connectivity index (χ1n) is 13.8. The predicted molar refractivity (Wildman–Crippen MR) is 163 cm³/mol. The van der Waals surface area contributed by atoms with E-state index in [0.29, 0.717) is 63.7 Å². The first kappa shape index (κ1) is 29.7. The lowest BCUT2D eigenvalue weighted by molar-refractivity contribution is 0.0918. The highest BCUT2D eigenvalue weighted by Gasteiger charge is 2.22. The van der Waals surface area contributed by atoms with Crippen molar-refractivity contribution in [3.63, 3.8) is 0 Å². The standard InChI is InChI=1S/C33H34FN3O6/c1-6-37-17-20(24-14-21(34)7-10-29(24)37)11-22(18-38)35-33(39)26-16-28(36-27-9-8-23(40-2)15-25(26)27)19-12-30(41-3)32(43-5)31(13-19)42-4/h7-10,12-17,22,38H,6,11,18H2,1-5H3,(H,35,39). The van der Waals surface area contributed by atoms with Crippen LogP contribution < -0.4 is 24.3 Å². The Labute approximate surface area is 248 Å². The van der Waals surface area contributed by atoms with E-state index in [9.17, 15) is 14.3 Å². The van der Waals surface area contributed by atoms with Gasteiger partial charge in [0.2, 0.25) is 5.75 Å². The number of carbonyl (C=O) groups excluding carboxylic acids is 1. The van der Waals surface area contributed by atoms with Gasteiger partial charge in [-0.25, -0.2) is 9.37 Å². The maximum Gasteiger partial charge on any atom is 0.252 e. The molecule has 0 aliphatic heterocycles. The van der Waals surface area contributed by atoms with Gasteiger partial charge < -0.3 is 33.9 Å². The number of rotatable bonds is 11. The van der Waals surface area contributed by atoms with E-state index in [1.54, 1.807) is 49.6 Å². The topological polar surface area (TPSA) is 104 Å². The number of aryl methyl sites for hydroxylation is 1. The number of fused-ring (bicyclic) bond motifs is 2. The van der Waals surface area contributed by atoms with E-state index < -0.39 is 11.9 Å². The van der Waals surface area contributed by atoms with Crippen LogP contribution in [-0.4, -0.2) is 61.7 Å². The maximum atomic E-state index is 14.1. The minimum atomic E-state index is -0.634. The van der Waals surface area contributed by atoms with Gasteiger partial charge in [0.1, 0.15) is 11.6 Å². The van der Waals surface area contributed by atoms with Crippen LogP contribution in [0, 0.1) is 5.82 Å². The minimum Gasteiger partial charge on any atom is -0.497 e. The number of nitrogens with one attached hydrogen (secondary N) is 1. The zero-order valence-corrected chi connectivity index (χ0v) is 24.7. The first-order valence-corrected chi connectivity index (χ1v) is 13.8. The second-order valence-corrected chi connectivity index (χ2v) is 10.0. The maximum absolute atomic E-state index is 14.1. The molecule has 2 N–H and O–H groups in total. The van der Waals surface area contributed by atoms with Crippen molar-refractivity contribution in [3.05, 3.63) is 77.7 Å². The lowest BCUT2D eigenvalue weighted by atomic mass is 10.0. The third-order valence-corrected chi connectivity index (χ3v) is 7.51. The molecule has 2 aromatic heterocycles. The van der Waals surface area contributed by atoms with E-state index in [0.717, 1.165) is 16.5 Å². The number of pyridine rings is 1. The summed E-state index contributed by atoms with van der Waals surface area (Å²) < 4.78 is 38.1. The molecule has 1 unspecified atom stereocenters. The number of hydrogen-bond acceptors (Lipinski definition) is 7. The Bertz CT molecular complexity index is 1780. The summed E-state index contributed by atoms with van der Waals surface area (Å²) >= 11 is 0. The monoisotopic (exact) mass is 587 g/mol. The number of ether oxygens (including phenoxy) is 4. The molecule has 10 heteroatoms. The van der Waals surface area contributed by atoms with E-state index in [4.69, 9.17) is 23.9 Å². The van der Waals surface area contributed by atoms with E-state index >= 15 is 0 Å². The van der Waals surface area contributed by atoms with Gasteiger partial charge in [-0.3, -0.25) is 4.79 Å². The molecule has 0 spiro atoms. The molecular weight excluding hydrogens is 553 g/mol. The number of hydrogen-bond donors (Lipinski definition) is 2. The van der Waals surface area contributed by atoms with E-state index in [1.807, 2.05) is 17.7 Å². The summed E-state index contributed by atoms with van der Waals surface area (Å²) in [5, 5.41) is 14.6. The summed E-state index contributed by atoms with van der Waals surface area (Å²) in [6.07, 6.45) is 2.25. The van der Waals surface area contributed by atoms with Crippen molar-refractivity contribution in [1.29, 1.82) is 0 Å². The number of benzene rings is 3. The number of methoxy groups -OCH3 is 4. The van der Waals surface area contributed by atoms with Crippen molar-refractivity contribution in [1.82, 2.24) is 14.9 Å². The van der Waals surface area contributed by atoms with Gasteiger partial charge in [0.05, 0.1) is 57.9 Å². The minimum absolute atomic E-state index is 0.307. The molecule has 0 saturated carbocycles. The molecule has 5 rings (SSSR count). The van der Waals surface area contributed by atoms with Crippen LogP contribution in [0.5, 0.6) is 23.0 Å². The van der Waals surface area contributed by atoms with Gasteiger partial charge >= 0.3 is 0 Å². The number of aliphatic hydroxyl groups excluding tert-OH is 1. The quantitative estimate of drug-likeness (QED) is 0.214. The number of carbonyl (C=O) groups is 1. The predicted octanol–water partition coefficient (Wildman–Crippen LogP) is 5.38. The molecule has 0 bridgehead atoms. The fourth-order valence-corrected chi connectivity index (χ4v) is 5.35. The number of aromatic nitrogens is 2.